The van der Waals surface area contributed by atoms with E-state index >= 15 is 0 Å². The van der Waals surface area contributed by atoms with Crippen molar-refractivity contribution in [1.82, 2.24) is 20.2 Å². The van der Waals surface area contributed by atoms with E-state index in [2.05, 4.69) is 49.5 Å². The van der Waals surface area contributed by atoms with Crippen LogP contribution >= 0.6 is 0 Å². The Balaban J connectivity index is 1.64. The van der Waals surface area contributed by atoms with Gasteiger partial charge in [-0.1, -0.05) is 13.0 Å². The molecule has 1 aromatic carbocycles. The van der Waals surface area contributed by atoms with Crippen molar-refractivity contribution < 1.29 is 4.79 Å². The molecule has 2 saturated heterocycles. The standard InChI is InChI=1S/C22H32N8O/c1-3-18-22(30-9-7-24-8-10-30)27-21(19(26-18)20(23)31)25-16-5-4-6-17(15-16)29-13-11-28(2)12-14-29/h4-6,15,24H,3,7-14H2,1-2H3,(H2,23,31)(H,25,27). The summed E-state index contributed by atoms with van der Waals surface area (Å²) in [7, 11) is 2.15. The van der Waals surface area contributed by atoms with Gasteiger partial charge in [-0.25, -0.2) is 9.97 Å². The van der Waals surface area contributed by atoms with Gasteiger partial charge in [0, 0.05) is 63.7 Å². The molecular weight excluding hydrogens is 392 g/mol. The van der Waals surface area contributed by atoms with Crippen LogP contribution in [0.4, 0.5) is 23.0 Å². The van der Waals surface area contributed by atoms with Crippen molar-refractivity contribution in [2.45, 2.75) is 13.3 Å². The predicted octanol–water partition coefficient (Wildman–Crippen LogP) is 1.04. The lowest BCUT2D eigenvalue weighted by Gasteiger charge is -2.34. The van der Waals surface area contributed by atoms with E-state index in [0.717, 1.165) is 75.2 Å². The first-order chi connectivity index (χ1) is 15.0. The summed E-state index contributed by atoms with van der Waals surface area (Å²) in [5.41, 5.74) is 8.66. The number of aromatic nitrogens is 2. The van der Waals surface area contributed by atoms with Gasteiger partial charge in [0.1, 0.15) is 0 Å². The molecule has 1 aromatic heterocycles. The third-order valence-electron chi connectivity index (χ3n) is 5.91. The number of piperazine rings is 2. The van der Waals surface area contributed by atoms with Gasteiger partial charge in [0.2, 0.25) is 0 Å². The molecule has 4 rings (SSSR count). The van der Waals surface area contributed by atoms with Crippen LogP contribution in [-0.4, -0.2) is 80.2 Å². The molecule has 166 valence electrons. The summed E-state index contributed by atoms with van der Waals surface area (Å²) in [6.45, 7) is 9.60. The van der Waals surface area contributed by atoms with Gasteiger partial charge in [0.25, 0.3) is 5.91 Å². The molecule has 2 aliphatic heterocycles. The molecule has 0 spiro atoms. The molecule has 9 nitrogen and oxygen atoms in total. The topological polar surface area (TPSA) is 103 Å². The quantitative estimate of drug-likeness (QED) is 0.632. The maximum atomic E-state index is 12.2. The van der Waals surface area contributed by atoms with Gasteiger partial charge in [0.05, 0.1) is 5.69 Å². The molecule has 2 fully saturated rings. The Labute approximate surface area is 183 Å². The molecule has 2 aromatic rings. The monoisotopic (exact) mass is 424 g/mol. The number of carbonyl (C=O) groups excluding carboxylic acids is 1. The van der Waals surface area contributed by atoms with E-state index < -0.39 is 5.91 Å². The van der Waals surface area contributed by atoms with E-state index in [1.807, 2.05) is 19.1 Å². The summed E-state index contributed by atoms with van der Waals surface area (Å²) in [6.07, 6.45) is 0.686. The van der Waals surface area contributed by atoms with Crippen molar-refractivity contribution in [1.29, 1.82) is 0 Å². The normalized spacial score (nSPS) is 17.6. The van der Waals surface area contributed by atoms with Gasteiger partial charge < -0.3 is 31.1 Å². The van der Waals surface area contributed by atoms with Crippen LogP contribution in [0.1, 0.15) is 23.1 Å². The average molecular weight is 425 g/mol. The number of hydrogen-bond acceptors (Lipinski definition) is 8. The second kappa shape index (κ2) is 9.49. The Hall–Kier alpha value is -2.91. The minimum atomic E-state index is -0.577. The third kappa shape index (κ3) is 4.88. The first kappa shape index (κ1) is 21.3. The average Bonchev–Trinajstić information content (AvgIpc) is 2.80. The van der Waals surface area contributed by atoms with Gasteiger partial charge in [0.15, 0.2) is 17.3 Å². The smallest absolute Gasteiger partial charge is 0.271 e. The molecule has 0 aliphatic carbocycles. The molecular formula is C22H32N8O. The second-order valence-electron chi connectivity index (χ2n) is 8.11. The number of nitrogens with zero attached hydrogens (tertiary/aromatic N) is 5. The van der Waals surface area contributed by atoms with Gasteiger partial charge in [-0.2, -0.15) is 0 Å². The number of hydrogen-bond donors (Lipinski definition) is 3. The highest BCUT2D eigenvalue weighted by atomic mass is 16.1. The van der Waals surface area contributed by atoms with E-state index in [-0.39, 0.29) is 5.69 Å². The Morgan fingerprint density at radius 3 is 2.52 bits per heavy atom. The fraction of sp³-hybridized carbons (Fsp3) is 0.500. The number of nitrogens with one attached hydrogen (secondary N) is 2. The van der Waals surface area contributed by atoms with Crippen LogP contribution < -0.4 is 26.2 Å². The Bertz CT molecular complexity index is 920. The number of primary amides is 1. The van der Waals surface area contributed by atoms with Gasteiger partial charge >= 0.3 is 0 Å². The van der Waals surface area contributed by atoms with Crippen molar-refractivity contribution in [2.24, 2.45) is 5.73 Å². The van der Waals surface area contributed by atoms with Crippen LogP contribution in [0.25, 0.3) is 0 Å². The molecule has 0 saturated carbocycles. The highest BCUT2D eigenvalue weighted by molar-refractivity contribution is 5.96. The van der Waals surface area contributed by atoms with Gasteiger partial charge in [-0.15, -0.1) is 0 Å². The van der Waals surface area contributed by atoms with Crippen LogP contribution in [0, 0.1) is 0 Å². The number of carbonyl (C=O) groups is 1. The summed E-state index contributed by atoms with van der Waals surface area (Å²) in [5.74, 6) is 0.660. The van der Waals surface area contributed by atoms with Crippen molar-refractivity contribution in [3.63, 3.8) is 0 Å². The van der Waals surface area contributed by atoms with Crippen molar-refractivity contribution in [2.75, 3.05) is 74.5 Å². The largest absolute Gasteiger partial charge is 0.369 e. The fourth-order valence-electron chi connectivity index (χ4n) is 4.07. The van der Waals surface area contributed by atoms with E-state index in [1.165, 1.54) is 0 Å². The molecule has 0 unspecified atom stereocenters. The second-order valence-corrected chi connectivity index (χ2v) is 8.11. The predicted molar refractivity (Wildman–Crippen MR) is 124 cm³/mol. The highest BCUT2D eigenvalue weighted by Crippen LogP contribution is 2.27. The van der Waals surface area contributed by atoms with E-state index in [0.29, 0.717) is 12.2 Å². The minimum Gasteiger partial charge on any atom is -0.369 e. The number of aryl methyl sites for hydroxylation is 1. The summed E-state index contributed by atoms with van der Waals surface area (Å²) in [5, 5.41) is 6.68. The molecule has 0 radical (unpaired) electrons. The van der Waals surface area contributed by atoms with E-state index in [1.54, 1.807) is 0 Å². The lowest BCUT2D eigenvalue weighted by molar-refractivity contribution is 0.0996. The minimum absolute atomic E-state index is 0.181. The zero-order valence-corrected chi connectivity index (χ0v) is 18.4. The molecule has 0 atom stereocenters. The molecule has 4 N–H and O–H groups in total. The lowest BCUT2D eigenvalue weighted by Crippen LogP contribution is -2.44. The molecule has 2 aliphatic rings. The number of likely N-dealkylation sites (N-methyl/N-ethyl adjacent to an activating group) is 1. The Morgan fingerprint density at radius 1 is 1.10 bits per heavy atom. The van der Waals surface area contributed by atoms with Crippen molar-refractivity contribution in [3.8, 4) is 0 Å². The summed E-state index contributed by atoms with van der Waals surface area (Å²) >= 11 is 0. The number of benzene rings is 1. The van der Waals surface area contributed by atoms with Crippen LogP contribution in [0.15, 0.2) is 24.3 Å². The third-order valence-corrected chi connectivity index (χ3v) is 5.91. The van der Waals surface area contributed by atoms with Crippen LogP contribution in [-0.2, 0) is 6.42 Å². The summed E-state index contributed by atoms with van der Waals surface area (Å²) in [4.78, 5) is 28.5. The van der Waals surface area contributed by atoms with Crippen LogP contribution in [0.5, 0.6) is 0 Å². The first-order valence-electron chi connectivity index (χ1n) is 11.0. The highest BCUT2D eigenvalue weighted by Gasteiger charge is 2.22. The summed E-state index contributed by atoms with van der Waals surface area (Å²) < 4.78 is 0. The maximum Gasteiger partial charge on any atom is 0.271 e. The fourth-order valence-corrected chi connectivity index (χ4v) is 4.07. The van der Waals surface area contributed by atoms with E-state index in [4.69, 9.17) is 10.7 Å². The number of nitrogens with two attached hydrogens (primary N) is 1. The van der Waals surface area contributed by atoms with Crippen LogP contribution in [0.3, 0.4) is 0 Å². The zero-order valence-electron chi connectivity index (χ0n) is 18.4. The molecule has 3 heterocycles. The van der Waals surface area contributed by atoms with Crippen molar-refractivity contribution >= 4 is 28.9 Å². The van der Waals surface area contributed by atoms with E-state index in [9.17, 15) is 4.79 Å². The molecule has 1 amide bonds. The van der Waals surface area contributed by atoms with Crippen molar-refractivity contribution in [3.05, 3.63) is 35.7 Å². The Morgan fingerprint density at radius 2 is 1.84 bits per heavy atom. The molecule has 9 heteroatoms. The Kier molecular flexibility index (Phi) is 6.53. The first-order valence-corrected chi connectivity index (χ1v) is 11.0. The SMILES string of the molecule is CCc1nc(C(N)=O)c(Nc2cccc(N3CCN(C)CC3)c2)nc1N1CCNCC1. The van der Waals surface area contributed by atoms with Crippen LogP contribution in [0.2, 0.25) is 0 Å². The number of rotatable bonds is 6. The number of anilines is 4. The maximum absolute atomic E-state index is 12.2. The number of amides is 1. The van der Waals surface area contributed by atoms with Gasteiger partial charge in [-0.05, 0) is 31.7 Å². The zero-order chi connectivity index (χ0) is 21.8. The lowest BCUT2D eigenvalue weighted by atomic mass is 10.2. The van der Waals surface area contributed by atoms with Gasteiger partial charge in [-0.3, -0.25) is 4.79 Å². The molecule has 0 bridgehead atoms. The molecule has 31 heavy (non-hydrogen) atoms. The summed E-state index contributed by atoms with van der Waals surface area (Å²) in [6, 6.07) is 8.20.